The standard InChI is InChI=1S/C12H11BrN4O2/c13-8-5-9(15-6-8)12(19)16-7-11(18)17-10-3-1-2-4-14-10/h1-6,15H,7H2,(H,16,19)(H,14,17,18). The fourth-order valence-corrected chi connectivity index (χ4v) is 1.72. The van der Waals surface area contributed by atoms with Gasteiger partial charge >= 0.3 is 0 Å². The molecular formula is C12H11BrN4O2. The number of nitrogens with zero attached hydrogens (tertiary/aromatic N) is 1. The highest BCUT2D eigenvalue weighted by atomic mass is 79.9. The van der Waals surface area contributed by atoms with Crippen LogP contribution in [0.4, 0.5) is 5.82 Å². The summed E-state index contributed by atoms with van der Waals surface area (Å²) in [4.78, 5) is 30.0. The van der Waals surface area contributed by atoms with Gasteiger partial charge in [-0.2, -0.15) is 0 Å². The molecule has 0 radical (unpaired) electrons. The third-order valence-corrected chi connectivity index (χ3v) is 2.69. The topological polar surface area (TPSA) is 86.9 Å². The Bertz CT molecular complexity index is 582. The minimum atomic E-state index is -0.345. The summed E-state index contributed by atoms with van der Waals surface area (Å²) >= 11 is 3.23. The van der Waals surface area contributed by atoms with Gasteiger partial charge < -0.3 is 15.6 Å². The lowest BCUT2D eigenvalue weighted by atomic mass is 10.4. The smallest absolute Gasteiger partial charge is 0.268 e. The Morgan fingerprint density at radius 2 is 2.21 bits per heavy atom. The summed E-state index contributed by atoms with van der Waals surface area (Å²) in [6.45, 7) is -0.119. The van der Waals surface area contributed by atoms with Gasteiger partial charge in [0.05, 0.1) is 6.54 Å². The zero-order valence-electron chi connectivity index (χ0n) is 9.81. The van der Waals surface area contributed by atoms with Crippen LogP contribution in [-0.2, 0) is 4.79 Å². The van der Waals surface area contributed by atoms with E-state index < -0.39 is 0 Å². The van der Waals surface area contributed by atoms with Crippen molar-refractivity contribution in [3.8, 4) is 0 Å². The number of halogens is 1. The summed E-state index contributed by atoms with van der Waals surface area (Å²) in [5.74, 6) is -0.232. The third kappa shape index (κ3) is 3.92. The van der Waals surface area contributed by atoms with Crippen molar-refractivity contribution in [3.63, 3.8) is 0 Å². The van der Waals surface area contributed by atoms with E-state index in [0.717, 1.165) is 4.47 Å². The summed E-state index contributed by atoms with van der Waals surface area (Å²) in [5, 5.41) is 5.07. The van der Waals surface area contributed by atoms with Crippen molar-refractivity contribution in [1.29, 1.82) is 0 Å². The van der Waals surface area contributed by atoms with Crippen LogP contribution >= 0.6 is 15.9 Å². The predicted octanol–water partition coefficient (Wildman–Crippen LogP) is 1.54. The number of hydrogen-bond acceptors (Lipinski definition) is 3. The van der Waals surface area contributed by atoms with Crippen molar-refractivity contribution >= 4 is 33.6 Å². The lowest BCUT2D eigenvalue weighted by molar-refractivity contribution is -0.115. The molecule has 2 rings (SSSR count). The molecule has 0 aliphatic carbocycles. The first-order valence-electron chi connectivity index (χ1n) is 5.48. The lowest BCUT2D eigenvalue weighted by Crippen LogP contribution is -2.33. The number of rotatable bonds is 4. The molecule has 0 aliphatic rings. The first kappa shape index (κ1) is 13.3. The molecule has 0 atom stereocenters. The number of amides is 2. The molecule has 3 N–H and O–H groups in total. The number of pyridine rings is 1. The fraction of sp³-hybridized carbons (Fsp3) is 0.0833. The molecule has 0 fully saturated rings. The Morgan fingerprint density at radius 1 is 1.37 bits per heavy atom. The van der Waals surface area contributed by atoms with E-state index in [1.54, 1.807) is 36.7 Å². The molecule has 0 aliphatic heterocycles. The average molecular weight is 323 g/mol. The van der Waals surface area contributed by atoms with Gasteiger partial charge in [-0.3, -0.25) is 9.59 Å². The SMILES string of the molecule is O=C(CNC(=O)c1cc(Br)c[nH]1)Nc1ccccn1. The highest BCUT2D eigenvalue weighted by Crippen LogP contribution is 2.10. The van der Waals surface area contributed by atoms with Gasteiger partial charge in [-0.1, -0.05) is 6.07 Å². The number of anilines is 1. The molecular weight excluding hydrogens is 312 g/mol. The molecule has 0 saturated heterocycles. The third-order valence-electron chi connectivity index (χ3n) is 2.23. The summed E-state index contributed by atoms with van der Waals surface area (Å²) < 4.78 is 0.774. The van der Waals surface area contributed by atoms with Gasteiger partial charge in [0.2, 0.25) is 5.91 Å². The Kier molecular flexibility index (Phi) is 4.30. The molecule has 2 aromatic rings. The Morgan fingerprint density at radius 3 is 2.84 bits per heavy atom. The van der Waals surface area contributed by atoms with Gasteiger partial charge in [-0.15, -0.1) is 0 Å². The van der Waals surface area contributed by atoms with Crippen LogP contribution in [0.2, 0.25) is 0 Å². The number of aromatic nitrogens is 2. The summed E-state index contributed by atoms with van der Waals surface area (Å²) in [6, 6.07) is 6.81. The van der Waals surface area contributed by atoms with Crippen LogP contribution in [0.15, 0.2) is 41.1 Å². The van der Waals surface area contributed by atoms with Crippen molar-refractivity contribution in [3.05, 3.63) is 46.8 Å². The van der Waals surface area contributed by atoms with Gasteiger partial charge in [-0.05, 0) is 34.1 Å². The maximum atomic E-state index is 11.7. The number of nitrogens with one attached hydrogen (secondary N) is 3. The maximum absolute atomic E-state index is 11.7. The van der Waals surface area contributed by atoms with E-state index in [1.165, 1.54) is 0 Å². The number of H-pyrrole nitrogens is 1. The van der Waals surface area contributed by atoms with Crippen molar-refractivity contribution in [1.82, 2.24) is 15.3 Å². The van der Waals surface area contributed by atoms with Crippen molar-refractivity contribution in [2.45, 2.75) is 0 Å². The number of aromatic amines is 1. The lowest BCUT2D eigenvalue weighted by Gasteiger charge is -2.05. The van der Waals surface area contributed by atoms with Crippen LogP contribution in [0.25, 0.3) is 0 Å². The molecule has 6 nitrogen and oxygen atoms in total. The fourth-order valence-electron chi connectivity index (χ4n) is 1.38. The minimum absolute atomic E-state index is 0.119. The maximum Gasteiger partial charge on any atom is 0.268 e. The van der Waals surface area contributed by atoms with E-state index in [1.807, 2.05) is 0 Å². The average Bonchev–Trinajstić information content (AvgIpc) is 2.84. The highest BCUT2D eigenvalue weighted by Gasteiger charge is 2.09. The molecule has 2 aromatic heterocycles. The predicted molar refractivity (Wildman–Crippen MR) is 73.7 cm³/mol. The Hall–Kier alpha value is -2.15. The van der Waals surface area contributed by atoms with Crippen LogP contribution < -0.4 is 10.6 Å². The van der Waals surface area contributed by atoms with Gasteiger partial charge in [-0.25, -0.2) is 4.98 Å². The molecule has 98 valence electrons. The molecule has 0 unspecified atom stereocenters. The van der Waals surface area contributed by atoms with Crippen molar-refractivity contribution in [2.24, 2.45) is 0 Å². The normalized spacial score (nSPS) is 9.95. The summed E-state index contributed by atoms with van der Waals surface area (Å²) in [5.41, 5.74) is 0.387. The second kappa shape index (κ2) is 6.14. The molecule has 0 bridgehead atoms. The van der Waals surface area contributed by atoms with Crippen LogP contribution in [0.5, 0.6) is 0 Å². The van der Waals surface area contributed by atoms with Gasteiger partial charge in [0.25, 0.3) is 5.91 Å². The van der Waals surface area contributed by atoms with Gasteiger partial charge in [0, 0.05) is 16.9 Å². The van der Waals surface area contributed by atoms with Gasteiger partial charge in [0.15, 0.2) is 0 Å². The summed E-state index contributed by atoms with van der Waals surface area (Å²) in [7, 11) is 0. The molecule has 19 heavy (non-hydrogen) atoms. The molecule has 2 heterocycles. The van der Waals surface area contributed by atoms with E-state index >= 15 is 0 Å². The largest absolute Gasteiger partial charge is 0.356 e. The molecule has 2 amide bonds. The van der Waals surface area contributed by atoms with Crippen molar-refractivity contribution in [2.75, 3.05) is 11.9 Å². The Balaban J connectivity index is 1.82. The minimum Gasteiger partial charge on any atom is -0.356 e. The zero-order chi connectivity index (χ0) is 13.7. The molecule has 7 heteroatoms. The first-order valence-corrected chi connectivity index (χ1v) is 6.27. The van der Waals surface area contributed by atoms with Crippen LogP contribution in [0, 0.1) is 0 Å². The van der Waals surface area contributed by atoms with E-state index in [4.69, 9.17) is 0 Å². The first-order chi connectivity index (χ1) is 9.15. The van der Waals surface area contributed by atoms with Crippen LogP contribution in [0.1, 0.15) is 10.5 Å². The number of carbonyl (C=O) groups excluding carboxylic acids is 2. The van der Waals surface area contributed by atoms with Crippen molar-refractivity contribution < 1.29 is 9.59 Å². The number of hydrogen-bond donors (Lipinski definition) is 3. The second-order valence-corrected chi connectivity index (χ2v) is 4.59. The summed E-state index contributed by atoms with van der Waals surface area (Å²) in [6.07, 6.45) is 3.22. The van der Waals surface area contributed by atoms with Crippen LogP contribution in [-0.4, -0.2) is 28.3 Å². The zero-order valence-corrected chi connectivity index (χ0v) is 11.4. The monoisotopic (exact) mass is 322 g/mol. The molecule has 0 aromatic carbocycles. The van der Waals surface area contributed by atoms with E-state index in [0.29, 0.717) is 11.5 Å². The number of carbonyl (C=O) groups is 2. The van der Waals surface area contributed by atoms with E-state index in [2.05, 4.69) is 36.5 Å². The van der Waals surface area contributed by atoms with E-state index in [9.17, 15) is 9.59 Å². The molecule has 0 spiro atoms. The molecule has 0 saturated carbocycles. The van der Waals surface area contributed by atoms with Gasteiger partial charge in [0.1, 0.15) is 11.5 Å². The van der Waals surface area contributed by atoms with E-state index in [-0.39, 0.29) is 18.4 Å². The highest BCUT2D eigenvalue weighted by molar-refractivity contribution is 9.10. The van der Waals surface area contributed by atoms with Crippen LogP contribution in [0.3, 0.4) is 0 Å². The Labute approximate surface area is 117 Å². The quantitative estimate of drug-likeness (QED) is 0.798. The second-order valence-electron chi connectivity index (χ2n) is 3.68.